The van der Waals surface area contributed by atoms with Crippen molar-refractivity contribution in [1.82, 2.24) is 20.2 Å². The standard InChI is InChI=1S/C13H17N5O2S/c1-3-18(4-2)8(19)7-17-12(20)11-9(14)10-13(21-11)16-6-5-15-10/h5-6H,3-4,7,14H2,1-2H3,(H,17,20). The van der Waals surface area contributed by atoms with Gasteiger partial charge in [-0.3, -0.25) is 9.59 Å². The molecule has 0 saturated carbocycles. The summed E-state index contributed by atoms with van der Waals surface area (Å²) >= 11 is 1.17. The molecule has 0 bridgehead atoms. The Bertz CT molecular complexity index is 666. The van der Waals surface area contributed by atoms with Crippen LogP contribution in [-0.2, 0) is 4.79 Å². The third-order valence-electron chi connectivity index (χ3n) is 3.09. The minimum atomic E-state index is -0.377. The Hall–Kier alpha value is -2.22. The van der Waals surface area contributed by atoms with Crippen molar-refractivity contribution in [3.05, 3.63) is 17.3 Å². The van der Waals surface area contributed by atoms with E-state index in [-0.39, 0.29) is 18.4 Å². The smallest absolute Gasteiger partial charge is 0.264 e. The SMILES string of the molecule is CCN(CC)C(=O)CNC(=O)c1sc2nccnc2c1N. The third-order valence-corrected chi connectivity index (χ3v) is 4.19. The van der Waals surface area contributed by atoms with E-state index in [4.69, 9.17) is 5.73 Å². The summed E-state index contributed by atoms with van der Waals surface area (Å²) in [5.41, 5.74) is 6.73. The zero-order chi connectivity index (χ0) is 15.4. The van der Waals surface area contributed by atoms with Crippen LogP contribution in [0, 0.1) is 0 Å². The Kier molecular flexibility index (Phi) is 4.69. The largest absolute Gasteiger partial charge is 0.396 e. The molecule has 0 spiro atoms. The van der Waals surface area contributed by atoms with Gasteiger partial charge in [-0.25, -0.2) is 9.97 Å². The van der Waals surface area contributed by atoms with Gasteiger partial charge in [0.15, 0.2) is 0 Å². The maximum absolute atomic E-state index is 12.1. The highest BCUT2D eigenvalue weighted by Gasteiger charge is 2.19. The number of nitrogen functional groups attached to an aromatic ring is 1. The van der Waals surface area contributed by atoms with Crippen LogP contribution in [0.15, 0.2) is 12.4 Å². The monoisotopic (exact) mass is 307 g/mol. The van der Waals surface area contributed by atoms with E-state index >= 15 is 0 Å². The van der Waals surface area contributed by atoms with Gasteiger partial charge in [-0.1, -0.05) is 0 Å². The van der Waals surface area contributed by atoms with Crippen LogP contribution < -0.4 is 11.1 Å². The number of nitrogens with one attached hydrogen (secondary N) is 1. The number of amides is 2. The van der Waals surface area contributed by atoms with Crippen LogP contribution in [0.1, 0.15) is 23.5 Å². The van der Waals surface area contributed by atoms with E-state index in [0.717, 1.165) is 0 Å². The van der Waals surface area contributed by atoms with Gasteiger partial charge >= 0.3 is 0 Å². The van der Waals surface area contributed by atoms with Crippen LogP contribution in [-0.4, -0.2) is 46.3 Å². The van der Waals surface area contributed by atoms with Crippen LogP contribution in [0.3, 0.4) is 0 Å². The molecule has 3 N–H and O–H groups in total. The third kappa shape index (κ3) is 3.10. The van der Waals surface area contributed by atoms with Crippen molar-refractivity contribution < 1.29 is 9.59 Å². The van der Waals surface area contributed by atoms with Gasteiger partial charge in [-0.2, -0.15) is 0 Å². The normalized spacial score (nSPS) is 10.6. The molecule has 7 nitrogen and oxygen atoms in total. The summed E-state index contributed by atoms with van der Waals surface area (Å²) in [5, 5.41) is 2.59. The van der Waals surface area contributed by atoms with Crippen LogP contribution in [0.25, 0.3) is 10.3 Å². The van der Waals surface area contributed by atoms with Crippen molar-refractivity contribution in [2.24, 2.45) is 0 Å². The highest BCUT2D eigenvalue weighted by molar-refractivity contribution is 7.21. The quantitative estimate of drug-likeness (QED) is 0.853. The van der Waals surface area contributed by atoms with Gasteiger partial charge in [0, 0.05) is 25.5 Å². The Labute approximate surface area is 126 Å². The fourth-order valence-corrected chi connectivity index (χ4v) is 2.87. The maximum atomic E-state index is 12.1. The number of hydrogen-bond donors (Lipinski definition) is 2. The molecule has 2 heterocycles. The summed E-state index contributed by atoms with van der Waals surface area (Å²) in [6.45, 7) is 4.97. The van der Waals surface area contributed by atoms with Crippen LogP contribution in [0.5, 0.6) is 0 Å². The van der Waals surface area contributed by atoms with E-state index in [2.05, 4.69) is 15.3 Å². The lowest BCUT2D eigenvalue weighted by atomic mass is 10.3. The number of nitrogens with zero attached hydrogens (tertiary/aromatic N) is 3. The van der Waals surface area contributed by atoms with Crippen LogP contribution in [0.2, 0.25) is 0 Å². The van der Waals surface area contributed by atoms with E-state index in [1.165, 1.54) is 17.5 Å². The fourth-order valence-electron chi connectivity index (χ4n) is 1.94. The summed E-state index contributed by atoms with van der Waals surface area (Å²) < 4.78 is 0. The number of hydrogen-bond acceptors (Lipinski definition) is 6. The van der Waals surface area contributed by atoms with Crippen LogP contribution >= 0.6 is 11.3 Å². The molecule has 112 valence electrons. The number of anilines is 1. The number of fused-ring (bicyclic) bond motifs is 1. The first-order valence-corrected chi connectivity index (χ1v) is 7.45. The highest BCUT2D eigenvalue weighted by Crippen LogP contribution is 2.30. The molecule has 8 heteroatoms. The molecule has 0 atom stereocenters. The van der Waals surface area contributed by atoms with Crippen molar-refractivity contribution in [3.63, 3.8) is 0 Å². The van der Waals surface area contributed by atoms with Crippen molar-refractivity contribution in [3.8, 4) is 0 Å². The maximum Gasteiger partial charge on any atom is 0.264 e. The van der Waals surface area contributed by atoms with E-state index in [1.807, 2.05) is 13.8 Å². The molecule has 0 aliphatic heterocycles. The zero-order valence-corrected chi connectivity index (χ0v) is 12.7. The molecule has 0 radical (unpaired) electrons. The van der Waals surface area contributed by atoms with Crippen molar-refractivity contribution in [2.45, 2.75) is 13.8 Å². The Morgan fingerprint density at radius 2 is 1.95 bits per heavy atom. The van der Waals surface area contributed by atoms with Gasteiger partial charge in [0.25, 0.3) is 5.91 Å². The number of likely N-dealkylation sites (N-methyl/N-ethyl adjacent to an activating group) is 1. The average molecular weight is 307 g/mol. The Morgan fingerprint density at radius 3 is 2.57 bits per heavy atom. The predicted octanol–water partition coefficient (Wildman–Crippen LogP) is 0.872. The van der Waals surface area contributed by atoms with Gasteiger partial charge in [-0.05, 0) is 13.8 Å². The predicted molar refractivity (Wildman–Crippen MR) is 82.1 cm³/mol. The summed E-state index contributed by atoms with van der Waals surface area (Å²) in [7, 11) is 0. The van der Waals surface area contributed by atoms with E-state index < -0.39 is 0 Å². The van der Waals surface area contributed by atoms with Crippen LogP contribution in [0.4, 0.5) is 5.69 Å². The van der Waals surface area contributed by atoms with E-state index in [1.54, 1.807) is 11.1 Å². The molecule has 2 rings (SSSR count). The first-order chi connectivity index (χ1) is 10.1. The fraction of sp³-hybridized carbons (Fsp3) is 0.385. The lowest BCUT2D eigenvalue weighted by Crippen LogP contribution is -2.39. The van der Waals surface area contributed by atoms with Crippen molar-refractivity contribution in [2.75, 3.05) is 25.4 Å². The molecule has 2 aromatic heterocycles. The second kappa shape index (κ2) is 6.49. The first kappa shape index (κ1) is 15.2. The summed E-state index contributed by atoms with van der Waals surface area (Å²) in [4.78, 5) is 34.8. The topological polar surface area (TPSA) is 101 Å². The van der Waals surface area contributed by atoms with Gasteiger partial charge in [0.1, 0.15) is 15.2 Å². The second-order valence-corrected chi connectivity index (χ2v) is 5.30. The minimum absolute atomic E-state index is 0.0466. The Morgan fingerprint density at radius 1 is 1.29 bits per heavy atom. The Balaban J connectivity index is 2.09. The van der Waals surface area contributed by atoms with Gasteiger partial charge in [0.2, 0.25) is 5.91 Å². The molecule has 2 amide bonds. The lowest BCUT2D eigenvalue weighted by molar-refractivity contribution is -0.129. The number of aromatic nitrogens is 2. The van der Waals surface area contributed by atoms with Crippen molar-refractivity contribution in [1.29, 1.82) is 0 Å². The number of carbonyl (C=O) groups is 2. The van der Waals surface area contributed by atoms with Crippen molar-refractivity contribution >= 4 is 39.2 Å². The van der Waals surface area contributed by atoms with Gasteiger partial charge in [-0.15, -0.1) is 11.3 Å². The minimum Gasteiger partial charge on any atom is -0.396 e. The molecule has 2 aromatic rings. The van der Waals surface area contributed by atoms with Gasteiger partial charge in [0.05, 0.1) is 12.2 Å². The molecular weight excluding hydrogens is 290 g/mol. The number of carbonyl (C=O) groups excluding carboxylic acids is 2. The molecule has 0 fully saturated rings. The molecule has 0 unspecified atom stereocenters. The molecule has 0 saturated heterocycles. The summed E-state index contributed by atoms with van der Waals surface area (Å²) in [6, 6.07) is 0. The number of nitrogens with two attached hydrogens (primary N) is 1. The lowest BCUT2D eigenvalue weighted by Gasteiger charge is -2.18. The number of thiophene rings is 1. The van der Waals surface area contributed by atoms with E-state index in [0.29, 0.717) is 34.0 Å². The molecular formula is C13H17N5O2S. The average Bonchev–Trinajstić information content (AvgIpc) is 2.84. The zero-order valence-electron chi connectivity index (χ0n) is 11.9. The second-order valence-electron chi connectivity index (χ2n) is 4.30. The molecule has 21 heavy (non-hydrogen) atoms. The molecule has 0 aromatic carbocycles. The highest BCUT2D eigenvalue weighted by atomic mass is 32.1. The molecule has 0 aliphatic rings. The molecule has 0 aliphatic carbocycles. The summed E-state index contributed by atoms with van der Waals surface area (Å²) in [5.74, 6) is -0.498. The van der Waals surface area contributed by atoms with E-state index in [9.17, 15) is 9.59 Å². The number of rotatable bonds is 5. The summed E-state index contributed by atoms with van der Waals surface area (Å²) in [6.07, 6.45) is 3.07. The first-order valence-electron chi connectivity index (χ1n) is 6.63. The van der Waals surface area contributed by atoms with Gasteiger partial charge < -0.3 is 16.0 Å².